The van der Waals surface area contributed by atoms with Crippen molar-refractivity contribution >= 4 is 29.5 Å². The molecule has 6 heteroatoms. The summed E-state index contributed by atoms with van der Waals surface area (Å²) in [6, 6.07) is 0. The maximum atomic E-state index is 11.5. The van der Waals surface area contributed by atoms with Crippen LogP contribution in [0.15, 0.2) is 6.08 Å². The molecule has 98 valence electrons. The topological polar surface area (TPSA) is 78.1 Å². The summed E-state index contributed by atoms with van der Waals surface area (Å²) in [4.78, 5) is 19.4. The van der Waals surface area contributed by atoms with Crippen LogP contribution in [-0.4, -0.2) is 21.5 Å². The Hall–Kier alpha value is -1.62. The average Bonchev–Trinajstić information content (AvgIpc) is 2.12. The third-order valence-corrected chi connectivity index (χ3v) is 2.12. The van der Waals surface area contributed by atoms with Crippen molar-refractivity contribution in [2.75, 3.05) is 5.73 Å². The van der Waals surface area contributed by atoms with E-state index in [0.29, 0.717) is 11.4 Å². The van der Waals surface area contributed by atoms with Gasteiger partial charge in [0.2, 0.25) is 0 Å². The van der Waals surface area contributed by atoms with E-state index in [-0.39, 0.29) is 11.0 Å². The Bertz CT molecular complexity index is 470. The van der Waals surface area contributed by atoms with Gasteiger partial charge in [-0.2, -0.15) is 0 Å². The Balaban J connectivity index is 2.89. The minimum Gasteiger partial charge on any atom is -0.457 e. The second-order valence-corrected chi connectivity index (χ2v) is 5.09. The molecule has 0 atom stereocenters. The summed E-state index contributed by atoms with van der Waals surface area (Å²) < 4.78 is 5.11. The highest BCUT2D eigenvalue weighted by Crippen LogP contribution is 2.20. The van der Waals surface area contributed by atoms with Gasteiger partial charge in [0.15, 0.2) is 0 Å². The van der Waals surface area contributed by atoms with Crippen LogP contribution in [0.25, 0.3) is 6.08 Å². The Morgan fingerprint density at radius 2 is 2.00 bits per heavy atom. The van der Waals surface area contributed by atoms with Gasteiger partial charge in [-0.25, -0.2) is 14.8 Å². The molecular formula is C12H16ClN3O2. The fourth-order valence-corrected chi connectivity index (χ4v) is 1.49. The highest BCUT2D eigenvalue weighted by molar-refractivity contribution is 6.31. The molecule has 0 aromatic carbocycles. The van der Waals surface area contributed by atoms with Crippen LogP contribution >= 0.6 is 11.6 Å². The zero-order valence-corrected chi connectivity index (χ0v) is 11.6. The number of nitrogens with two attached hydrogens (primary N) is 1. The van der Waals surface area contributed by atoms with Gasteiger partial charge in [0.25, 0.3) is 0 Å². The monoisotopic (exact) mass is 269 g/mol. The molecular weight excluding hydrogens is 254 g/mol. The summed E-state index contributed by atoms with van der Waals surface area (Å²) in [5, 5.41) is 0.208. The second kappa shape index (κ2) is 5.35. The van der Waals surface area contributed by atoms with E-state index in [1.54, 1.807) is 27.7 Å². The Kier molecular flexibility index (Phi) is 4.29. The Morgan fingerprint density at radius 3 is 2.50 bits per heavy atom. The molecule has 0 bridgehead atoms. The fourth-order valence-electron chi connectivity index (χ4n) is 1.21. The number of ether oxygens (including phenoxy) is 1. The summed E-state index contributed by atoms with van der Waals surface area (Å²) in [6.45, 7) is 7.04. The normalized spacial score (nSPS) is 11.8. The molecule has 2 N–H and O–H groups in total. The van der Waals surface area contributed by atoms with Crippen molar-refractivity contribution in [1.82, 2.24) is 9.97 Å². The number of nitrogens with zero attached hydrogens (tertiary/aromatic N) is 2. The van der Waals surface area contributed by atoms with Crippen LogP contribution in [0.4, 0.5) is 5.82 Å². The summed E-state index contributed by atoms with van der Waals surface area (Å²) >= 11 is 5.92. The van der Waals surface area contributed by atoms with Crippen molar-refractivity contribution in [3.8, 4) is 0 Å². The average molecular weight is 270 g/mol. The van der Waals surface area contributed by atoms with Crippen LogP contribution in [0.2, 0.25) is 5.15 Å². The molecule has 1 aromatic heterocycles. The summed E-state index contributed by atoms with van der Waals surface area (Å²) in [7, 11) is 0. The first kappa shape index (κ1) is 14.4. The predicted molar refractivity (Wildman–Crippen MR) is 71.1 cm³/mol. The van der Waals surface area contributed by atoms with E-state index in [9.17, 15) is 4.79 Å². The van der Waals surface area contributed by atoms with Gasteiger partial charge in [0.05, 0.1) is 5.56 Å². The lowest BCUT2D eigenvalue weighted by molar-refractivity contribution is -0.148. The summed E-state index contributed by atoms with van der Waals surface area (Å²) in [5.74, 6) is 0.234. The van der Waals surface area contributed by atoms with E-state index in [4.69, 9.17) is 22.1 Å². The maximum absolute atomic E-state index is 11.5. The number of halogens is 1. The summed E-state index contributed by atoms with van der Waals surface area (Å²) in [6.07, 6.45) is 2.70. The SMILES string of the molecule is Cc1nc(N)c(/C=C\C(=O)OC(C)(C)C)c(Cl)n1. The van der Waals surface area contributed by atoms with Gasteiger partial charge in [-0.05, 0) is 33.8 Å². The lowest BCUT2D eigenvalue weighted by atomic mass is 10.2. The minimum absolute atomic E-state index is 0.208. The Morgan fingerprint density at radius 1 is 1.39 bits per heavy atom. The van der Waals surface area contributed by atoms with Crippen molar-refractivity contribution in [3.63, 3.8) is 0 Å². The standard InChI is InChI=1S/C12H16ClN3O2/c1-7-15-10(13)8(11(14)16-7)5-6-9(17)18-12(2,3)4/h5-6H,1-4H3,(H2,14,15,16)/b6-5-. The van der Waals surface area contributed by atoms with Crippen LogP contribution in [0.3, 0.4) is 0 Å². The van der Waals surface area contributed by atoms with Crippen molar-refractivity contribution < 1.29 is 9.53 Å². The van der Waals surface area contributed by atoms with Crippen molar-refractivity contribution in [2.24, 2.45) is 0 Å². The van der Waals surface area contributed by atoms with Crippen LogP contribution in [0.5, 0.6) is 0 Å². The second-order valence-electron chi connectivity index (χ2n) is 4.73. The molecule has 0 amide bonds. The first-order valence-electron chi connectivity index (χ1n) is 5.40. The van der Waals surface area contributed by atoms with Gasteiger partial charge in [-0.3, -0.25) is 0 Å². The van der Waals surface area contributed by atoms with Crippen LogP contribution in [0, 0.1) is 6.92 Å². The molecule has 0 fully saturated rings. The number of esters is 1. The van der Waals surface area contributed by atoms with Gasteiger partial charge in [-0.1, -0.05) is 11.6 Å². The number of anilines is 1. The number of nitrogen functional groups attached to an aromatic ring is 1. The van der Waals surface area contributed by atoms with Crippen molar-refractivity contribution in [1.29, 1.82) is 0 Å². The molecule has 1 rings (SSSR count). The van der Waals surface area contributed by atoms with E-state index in [0.717, 1.165) is 0 Å². The predicted octanol–water partition coefficient (Wildman–Crippen LogP) is 2.38. The zero-order chi connectivity index (χ0) is 13.9. The minimum atomic E-state index is -0.541. The lowest BCUT2D eigenvalue weighted by Crippen LogP contribution is -2.22. The van der Waals surface area contributed by atoms with Gasteiger partial charge in [0, 0.05) is 6.08 Å². The lowest BCUT2D eigenvalue weighted by Gasteiger charge is -2.17. The van der Waals surface area contributed by atoms with Crippen molar-refractivity contribution in [3.05, 3.63) is 22.6 Å². The van der Waals surface area contributed by atoms with Crippen LogP contribution in [0.1, 0.15) is 32.2 Å². The highest BCUT2D eigenvalue weighted by Gasteiger charge is 2.14. The van der Waals surface area contributed by atoms with E-state index in [2.05, 4.69) is 9.97 Å². The largest absolute Gasteiger partial charge is 0.457 e. The van der Waals surface area contributed by atoms with Crippen molar-refractivity contribution in [2.45, 2.75) is 33.3 Å². The molecule has 0 radical (unpaired) electrons. The van der Waals surface area contributed by atoms with Gasteiger partial charge in [-0.15, -0.1) is 0 Å². The van der Waals surface area contributed by atoms with Gasteiger partial charge >= 0.3 is 5.97 Å². The number of hydrogen-bond donors (Lipinski definition) is 1. The zero-order valence-electron chi connectivity index (χ0n) is 10.8. The quantitative estimate of drug-likeness (QED) is 0.507. The molecule has 18 heavy (non-hydrogen) atoms. The number of aromatic nitrogens is 2. The number of carbonyl (C=O) groups is 1. The molecule has 0 aliphatic rings. The van der Waals surface area contributed by atoms with Crippen LogP contribution < -0.4 is 5.73 Å². The molecule has 0 saturated carbocycles. The summed E-state index contributed by atoms with van der Waals surface area (Å²) in [5.41, 5.74) is 5.57. The molecule has 1 aromatic rings. The first-order chi connectivity index (χ1) is 8.19. The number of aryl methyl sites for hydroxylation is 1. The van der Waals surface area contributed by atoms with Gasteiger partial charge < -0.3 is 10.5 Å². The van der Waals surface area contributed by atoms with E-state index in [1.807, 2.05) is 0 Å². The maximum Gasteiger partial charge on any atom is 0.331 e. The molecule has 0 aliphatic heterocycles. The molecule has 1 heterocycles. The molecule has 0 spiro atoms. The number of rotatable bonds is 2. The number of carbonyl (C=O) groups excluding carboxylic acids is 1. The molecule has 0 unspecified atom stereocenters. The fraction of sp³-hybridized carbons (Fsp3) is 0.417. The van der Waals surface area contributed by atoms with E-state index in [1.165, 1.54) is 12.2 Å². The Labute approximate surface area is 111 Å². The molecule has 0 aliphatic carbocycles. The smallest absolute Gasteiger partial charge is 0.331 e. The highest BCUT2D eigenvalue weighted by atomic mass is 35.5. The van der Waals surface area contributed by atoms with E-state index < -0.39 is 11.6 Å². The third-order valence-electron chi connectivity index (χ3n) is 1.83. The molecule has 0 saturated heterocycles. The molecule has 5 nitrogen and oxygen atoms in total. The number of hydrogen-bond acceptors (Lipinski definition) is 5. The van der Waals surface area contributed by atoms with Gasteiger partial charge in [0.1, 0.15) is 22.4 Å². The van der Waals surface area contributed by atoms with E-state index >= 15 is 0 Å². The van der Waals surface area contributed by atoms with Crippen LogP contribution in [-0.2, 0) is 9.53 Å². The first-order valence-corrected chi connectivity index (χ1v) is 5.77. The third kappa shape index (κ3) is 4.33.